The van der Waals surface area contributed by atoms with Gasteiger partial charge in [-0.25, -0.2) is 0 Å². The molecular formula is C78H90BN3. The van der Waals surface area contributed by atoms with Gasteiger partial charge in [0.15, 0.2) is 0 Å². The number of aryl methyl sites for hydroxylation is 3. The van der Waals surface area contributed by atoms with Gasteiger partial charge in [0.1, 0.15) is 0 Å². The van der Waals surface area contributed by atoms with Crippen LogP contribution < -0.4 is 31.1 Å². The maximum Gasteiger partial charge on any atom is 0.252 e. The summed E-state index contributed by atoms with van der Waals surface area (Å²) in [6, 6.07) is 46.1. The van der Waals surface area contributed by atoms with E-state index in [9.17, 15) is 0 Å². The number of rotatable bonds is 1. The number of fused-ring (bicyclic) bond motifs is 16. The van der Waals surface area contributed by atoms with Crippen molar-refractivity contribution < 1.29 is 0 Å². The second kappa shape index (κ2) is 16.0. The van der Waals surface area contributed by atoms with E-state index in [4.69, 9.17) is 0 Å². The van der Waals surface area contributed by atoms with Crippen LogP contribution in [0.25, 0.3) is 0 Å². The van der Waals surface area contributed by atoms with Crippen LogP contribution in [0.4, 0.5) is 45.5 Å². The van der Waals surface area contributed by atoms with Gasteiger partial charge in [0, 0.05) is 61.7 Å². The Labute approximate surface area is 493 Å². The van der Waals surface area contributed by atoms with Crippen LogP contribution in [0.5, 0.6) is 0 Å². The van der Waals surface area contributed by atoms with Crippen molar-refractivity contribution in [2.24, 2.45) is 5.92 Å². The van der Waals surface area contributed by atoms with Crippen molar-refractivity contribution in [3.8, 4) is 0 Å². The minimum atomic E-state index is -0.215. The molecule has 8 aliphatic rings. The van der Waals surface area contributed by atoms with E-state index in [1.807, 2.05) is 0 Å². The zero-order chi connectivity index (χ0) is 57.9. The fraction of sp³-hybridized carbons (Fsp3) is 0.462. The van der Waals surface area contributed by atoms with Crippen molar-refractivity contribution in [3.05, 3.63) is 182 Å². The van der Waals surface area contributed by atoms with E-state index in [1.54, 1.807) is 16.7 Å². The first kappa shape index (κ1) is 52.8. The molecule has 0 amide bonds. The molecule has 1 fully saturated rings. The largest absolute Gasteiger partial charge is 0.334 e. The molecule has 0 aromatic heterocycles. The third-order valence-corrected chi connectivity index (χ3v) is 24.7. The van der Waals surface area contributed by atoms with E-state index in [-0.39, 0.29) is 55.6 Å². The second-order valence-corrected chi connectivity index (χ2v) is 32.6. The van der Waals surface area contributed by atoms with Gasteiger partial charge in [-0.2, -0.15) is 0 Å². The number of nitrogens with zero attached hydrogens (tertiary/aromatic N) is 3. The van der Waals surface area contributed by atoms with E-state index in [1.165, 1.54) is 156 Å². The molecule has 82 heavy (non-hydrogen) atoms. The highest BCUT2D eigenvalue weighted by atomic mass is 15.3. The lowest BCUT2D eigenvalue weighted by molar-refractivity contribution is 0.0840. The van der Waals surface area contributed by atoms with E-state index in [0.29, 0.717) is 5.92 Å². The van der Waals surface area contributed by atoms with Crippen LogP contribution in [-0.4, -0.2) is 12.3 Å². The van der Waals surface area contributed by atoms with Crippen LogP contribution in [0.15, 0.2) is 109 Å². The molecule has 0 N–H and O–H groups in total. The molecule has 4 heteroatoms. The standard InChI is InChI=1S/C78H90BN3/c1-45-34-67-69-68(35-45)81(63-41-55-53(36-46(63)2)71(7,8)30-31-72(55,9)10)66-42-57-56(74(13,14)51-22-20-21-23-52(51)75(57,15)16)40-61(66)79(69)60-26-25-50-39-65(60)80(67)64-43-58-54(37-47(64)3)73(11,12)32-33-76(58,17)49-28-29-77(18)59-38-48(70(4,5)6)24-27-62(59)82(50)78(77,19)44-49/h20-27,34-43,49H,28-33,44H2,1-19H3. The number of hydrogen-bond donors (Lipinski definition) is 0. The summed E-state index contributed by atoms with van der Waals surface area (Å²) in [6.45, 7) is 47.4. The molecule has 4 aliphatic heterocycles. The first-order valence-electron chi connectivity index (χ1n) is 31.8. The molecule has 0 spiro atoms. The Morgan fingerprint density at radius 1 is 0.439 bits per heavy atom. The van der Waals surface area contributed by atoms with Gasteiger partial charge in [-0.3, -0.25) is 0 Å². The Morgan fingerprint density at radius 2 is 0.963 bits per heavy atom. The van der Waals surface area contributed by atoms with Crippen LogP contribution >= 0.6 is 0 Å². The lowest BCUT2D eigenvalue weighted by Crippen LogP contribution is -2.62. The van der Waals surface area contributed by atoms with Gasteiger partial charge in [0.25, 0.3) is 6.71 Å². The highest BCUT2D eigenvalue weighted by Crippen LogP contribution is 2.67. The normalized spacial score (nSPS) is 26.3. The Kier molecular flexibility index (Phi) is 10.3. The van der Waals surface area contributed by atoms with Crippen LogP contribution in [0.1, 0.15) is 228 Å². The maximum absolute atomic E-state index is 2.90. The van der Waals surface area contributed by atoms with Gasteiger partial charge in [0.2, 0.25) is 0 Å². The summed E-state index contributed by atoms with van der Waals surface area (Å²) in [6.07, 6.45) is 8.34. The average Bonchev–Trinajstić information content (AvgIpc) is 1.41. The minimum absolute atomic E-state index is 0.00903. The topological polar surface area (TPSA) is 9.72 Å². The Hall–Kier alpha value is -6.00. The third kappa shape index (κ3) is 6.57. The summed E-state index contributed by atoms with van der Waals surface area (Å²) in [5.41, 5.74) is 33.5. The van der Waals surface area contributed by atoms with E-state index >= 15 is 0 Å². The predicted molar refractivity (Wildman–Crippen MR) is 351 cm³/mol. The first-order valence-corrected chi connectivity index (χ1v) is 31.8. The molecule has 4 unspecified atom stereocenters. The summed E-state index contributed by atoms with van der Waals surface area (Å²) >= 11 is 0. The predicted octanol–water partition coefficient (Wildman–Crippen LogP) is 18.6. The molecule has 0 saturated heterocycles. The summed E-state index contributed by atoms with van der Waals surface area (Å²) < 4.78 is 0. The molecule has 4 heterocycles. The molecule has 4 aliphatic carbocycles. The molecular weight excluding hydrogens is 990 g/mol. The van der Waals surface area contributed by atoms with Crippen LogP contribution in [0.3, 0.4) is 0 Å². The fourth-order valence-electron chi connectivity index (χ4n) is 19.1. The van der Waals surface area contributed by atoms with E-state index in [2.05, 4.69) is 255 Å². The van der Waals surface area contributed by atoms with Crippen molar-refractivity contribution in [2.45, 2.75) is 225 Å². The first-order chi connectivity index (χ1) is 38.3. The second-order valence-electron chi connectivity index (χ2n) is 32.6. The lowest BCUT2D eigenvalue weighted by Gasteiger charge is -2.58. The molecule has 15 rings (SSSR count). The number of benzene rings is 7. The van der Waals surface area contributed by atoms with Crippen LogP contribution in [0.2, 0.25) is 0 Å². The minimum Gasteiger partial charge on any atom is -0.334 e. The van der Waals surface area contributed by atoms with E-state index < -0.39 is 0 Å². The van der Waals surface area contributed by atoms with Gasteiger partial charge < -0.3 is 14.7 Å². The molecule has 3 nitrogen and oxygen atoms in total. The SMILES string of the molecule is Cc1cc2c3c(c1)N(c1cc4c(cc1C)C(C)(C)CCC4(C)C)c1cc4c(cc1B3c1ccc3cc1N2c1cc2c(cc1C)C(C)(C)CCC2(C)C1CCC2(C)c5cc(C(C)(C)C)ccc5N3C2(C)C1)C(C)(C)c1ccccc1C4(C)C. The zero-order valence-electron chi connectivity index (χ0n) is 53.3. The van der Waals surface area contributed by atoms with Crippen LogP contribution in [0, 0.1) is 26.7 Å². The number of anilines is 8. The van der Waals surface area contributed by atoms with Gasteiger partial charge in [-0.05, 0) is 243 Å². The Bertz CT molecular complexity index is 4000. The number of hydrogen-bond acceptors (Lipinski definition) is 3. The highest BCUT2D eigenvalue weighted by Gasteiger charge is 2.63. The smallest absolute Gasteiger partial charge is 0.252 e. The summed E-state index contributed by atoms with van der Waals surface area (Å²) in [7, 11) is 0. The van der Waals surface area contributed by atoms with Crippen molar-refractivity contribution >= 4 is 68.6 Å². The quantitative estimate of drug-likeness (QED) is 0.152. The molecule has 420 valence electrons. The maximum atomic E-state index is 2.90. The van der Waals surface area contributed by atoms with Crippen LogP contribution in [-0.2, 0) is 43.3 Å². The lowest BCUT2D eigenvalue weighted by atomic mass is 9.33. The van der Waals surface area contributed by atoms with Crippen molar-refractivity contribution in [3.63, 3.8) is 0 Å². The van der Waals surface area contributed by atoms with Crippen molar-refractivity contribution in [2.75, 3.05) is 14.7 Å². The summed E-state index contributed by atoms with van der Waals surface area (Å²) in [4.78, 5) is 8.47. The Balaban J connectivity index is 1.07. The van der Waals surface area contributed by atoms with Gasteiger partial charge in [-0.1, -0.05) is 165 Å². The molecule has 0 radical (unpaired) electrons. The van der Waals surface area contributed by atoms with Gasteiger partial charge in [-0.15, -0.1) is 0 Å². The molecule has 4 atom stereocenters. The Morgan fingerprint density at radius 3 is 1.56 bits per heavy atom. The van der Waals surface area contributed by atoms with Gasteiger partial charge >= 0.3 is 0 Å². The van der Waals surface area contributed by atoms with Crippen molar-refractivity contribution in [1.29, 1.82) is 0 Å². The summed E-state index contributed by atoms with van der Waals surface area (Å²) in [5.74, 6) is 0.526. The monoisotopic (exact) mass is 1080 g/mol. The molecule has 6 bridgehead atoms. The molecule has 1 saturated carbocycles. The van der Waals surface area contributed by atoms with Crippen molar-refractivity contribution in [1.82, 2.24) is 0 Å². The average molecular weight is 1080 g/mol. The zero-order valence-corrected chi connectivity index (χ0v) is 53.3. The van der Waals surface area contributed by atoms with E-state index in [0.717, 1.165) is 6.42 Å². The van der Waals surface area contributed by atoms with Gasteiger partial charge in [0.05, 0.1) is 5.54 Å². The summed E-state index contributed by atoms with van der Waals surface area (Å²) in [5, 5.41) is 0. The third-order valence-electron chi connectivity index (χ3n) is 24.7. The highest BCUT2D eigenvalue weighted by molar-refractivity contribution is 7.00. The fourth-order valence-corrected chi connectivity index (χ4v) is 19.1. The molecule has 7 aromatic rings. The molecule has 7 aromatic carbocycles.